The maximum atomic E-state index is 13.7. The molecule has 4 heteroatoms. The molecule has 4 aromatic carbocycles. The van der Waals surface area contributed by atoms with Gasteiger partial charge in [-0.3, -0.25) is 0 Å². The molecule has 0 amide bonds. The number of benzene rings is 4. The van der Waals surface area contributed by atoms with Gasteiger partial charge in [0.15, 0.2) is 0 Å². The lowest BCUT2D eigenvalue weighted by Gasteiger charge is -2.38. The third-order valence-corrected chi connectivity index (χ3v) is 6.69. The van der Waals surface area contributed by atoms with Gasteiger partial charge in [-0.05, 0) is 47.4 Å². The summed E-state index contributed by atoms with van der Waals surface area (Å²) in [5.41, 5.74) is 6.92. The summed E-state index contributed by atoms with van der Waals surface area (Å²) in [4.78, 5) is 16.0. The smallest absolute Gasteiger partial charge is 0.337 e. The van der Waals surface area contributed by atoms with E-state index in [4.69, 9.17) is 9.47 Å². The third-order valence-electron chi connectivity index (χ3n) is 6.69. The lowest BCUT2D eigenvalue weighted by atomic mass is 9.80. The number of methoxy groups -OCH3 is 1. The average Bonchev–Trinajstić information content (AvgIpc) is 2.94. The first-order chi connectivity index (χ1) is 17.7. The molecule has 0 N–H and O–H groups in total. The minimum Gasteiger partial charge on any atom is -0.497 e. The van der Waals surface area contributed by atoms with E-state index in [0.717, 1.165) is 39.4 Å². The van der Waals surface area contributed by atoms with Crippen molar-refractivity contribution in [3.05, 3.63) is 143 Å². The third kappa shape index (κ3) is 4.76. The summed E-state index contributed by atoms with van der Waals surface area (Å²) in [6.45, 7) is 2.89. The van der Waals surface area contributed by atoms with E-state index in [0.29, 0.717) is 12.1 Å². The minimum absolute atomic E-state index is 0.210. The number of hydrogen-bond acceptors (Lipinski definition) is 4. The second-order valence-corrected chi connectivity index (χ2v) is 8.90. The fourth-order valence-electron chi connectivity index (χ4n) is 4.84. The van der Waals surface area contributed by atoms with Gasteiger partial charge in [-0.1, -0.05) is 91.0 Å². The highest BCUT2D eigenvalue weighted by molar-refractivity contribution is 5.95. The lowest BCUT2D eigenvalue weighted by Crippen LogP contribution is -2.32. The van der Waals surface area contributed by atoms with Crippen LogP contribution in [0.15, 0.2) is 120 Å². The van der Waals surface area contributed by atoms with Crippen LogP contribution in [0.3, 0.4) is 0 Å². The Kier molecular flexibility index (Phi) is 6.85. The lowest BCUT2D eigenvalue weighted by molar-refractivity contribution is -0.140. The van der Waals surface area contributed by atoms with Gasteiger partial charge in [-0.15, -0.1) is 0 Å². The molecule has 36 heavy (non-hydrogen) atoms. The molecule has 4 nitrogen and oxygen atoms in total. The van der Waals surface area contributed by atoms with Gasteiger partial charge < -0.3 is 14.4 Å². The molecule has 0 aliphatic carbocycles. The Hall–Kier alpha value is -4.31. The van der Waals surface area contributed by atoms with Crippen molar-refractivity contribution in [3.8, 4) is 5.75 Å². The number of rotatable bonds is 7. The van der Waals surface area contributed by atoms with E-state index in [9.17, 15) is 4.79 Å². The standard InChI is InChI=1S/C32H29NO3/c1-23-30(32(34)36-22-25-11-5-3-6-12-25)31(26-13-7-4-8-14-26)28-15-9-10-16-29(28)33(23)21-24-17-19-27(35-2)20-18-24/h3-20,31H,21-22H2,1-2H3/t31-/m1/s1. The van der Waals surface area contributed by atoms with Crippen molar-refractivity contribution in [2.24, 2.45) is 0 Å². The van der Waals surface area contributed by atoms with Crippen molar-refractivity contribution in [1.29, 1.82) is 0 Å². The molecule has 0 radical (unpaired) electrons. The molecular weight excluding hydrogens is 446 g/mol. The van der Waals surface area contributed by atoms with Gasteiger partial charge in [-0.2, -0.15) is 0 Å². The van der Waals surface area contributed by atoms with Crippen LogP contribution in [0.25, 0.3) is 0 Å². The summed E-state index contributed by atoms with van der Waals surface area (Å²) >= 11 is 0. The number of carbonyl (C=O) groups is 1. The van der Waals surface area contributed by atoms with Crippen molar-refractivity contribution >= 4 is 11.7 Å². The molecule has 1 aliphatic rings. The fourth-order valence-corrected chi connectivity index (χ4v) is 4.84. The fraction of sp³-hybridized carbons (Fsp3) is 0.156. The number of nitrogens with zero attached hydrogens (tertiary/aromatic N) is 1. The normalized spacial score (nSPS) is 14.8. The number of allylic oxidation sites excluding steroid dienone is 1. The number of ether oxygens (including phenoxy) is 2. The van der Waals surface area contributed by atoms with Crippen LogP contribution in [-0.4, -0.2) is 13.1 Å². The van der Waals surface area contributed by atoms with E-state index in [2.05, 4.69) is 41.3 Å². The van der Waals surface area contributed by atoms with Gasteiger partial charge in [0.25, 0.3) is 0 Å². The van der Waals surface area contributed by atoms with Crippen LogP contribution in [0.4, 0.5) is 5.69 Å². The zero-order chi connectivity index (χ0) is 24.9. The summed E-state index contributed by atoms with van der Waals surface area (Å²) in [7, 11) is 1.67. The second-order valence-electron chi connectivity index (χ2n) is 8.90. The molecule has 5 rings (SSSR count). The van der Waals surface area contributed by atoms with Crippen LogP contribution < -0.4 is 9.64 Å². The molecule has 0 fully saturated rings. The number of carbonyl (C=O) groups excluding carboxylic acids is 1. The Labute approximate surface area is 212 Å². The molecule has 1 heterocycles. The van der Waals surface area contributed by atoms with E-state index < -0.39 is 0 Å². The van der Waals surface area contributed by atoms with E-state index in [-0.39, 0.29) is 18.5 Å². The van der Waals surface area contributed by atoms with Gasteiger partial charge in [0.05, 0.1) is 12.7 Å². The quantitative estimate of drug-likeness (QED) is 0.274. The predicted octanol–water partition coefficient (Wildman–Crippen LogP) is 6.86. The second kappa shape index (κ2) is 10.5. The van der Waals surface area contributed by atoms with E-state index >= 15 is 0 Å². The molecule has 1 aliphatic heterocycles. The maximum absolute atomic E-state index is 13.7. The minimum atomic E-state index is -0.292. The Bertz CT molecular complexity index is 1360. The molecule has 0 aromatic heterocycles. The molecule has 0 unspecified atom stereocenters. The predicted molar refractivity (Wildman–Crippen MR) is 143 cm³/mol. The number of fused-ring (bicyclic) bond motifs is 1. The molecule has 0 saturated heterocycles. The highest BCUT2D eigenvalue weighted by Gasteiger charge is 2.36. The maximum Gasteiger partial charge on any atom is 0.337 e. The topological polar surface area (TPSA) is 38.8 Å². The van der Waals surface area contributed by atoms with Crippen LogP contribution in [0.2, 0.25) is 0 Å². The van der Waals surface area contributed by atoms with Crippen LogP contribution in [0.1, 0.15) is 35.1 Å². The molecule has 4 aromatic rings. The van der Waals surface area contributed by atoms with Crippen LogP contribution in [0.5, 0.6) is 5.75 Å². The van der Waals surface area contributed by atoms with Crippen molar-refractivity contribution in [2.45, 2.75) is 26.0 Å². The zero-order valence-electron chi connectivity index (χ0n) is 20.6. The van der Waals surface area contributed by atoms with E-state index in [1.54, 1.807) is 7.11 Å². The summed E-state index contributed by atoms with van der Waals surface area (Å²) in [5.74, 6) is 0.316. The van der Waals surface area contributed by atoms with Gasteiger partial charge in [0.1, 0.15) is 12.4 Å². The summed E-state index contributed by atoms with van der Waals surface area (Å²) < 4.78 is 11.2. The number of anilines is 1. The Morgan fingerprint density at radius 3 is 2.11 bits per heavy atom. The van der Waals surface area contributed by atoms with E-state index in [1.807, 2.05) is 79.7 Å². The highest BCUT2D eigenvalue weighted by Crippen LogP contribution is 2.45. The first kappa shape index (κ1) is 23.4. The van der Waals surface area contributed by atoms with Crippen molar-refractivity contribution in [2.75, 3.05) is 12.0 Å². The average molecular weight is 476 g/mol. The van der Waals surface area contributed by atoms with Crippen molar-refractivity contribution in [1.82, 2.24) is 0 Å². The summed E-state index contributed by atoms with van der Waals surface area (Å²) in [5, 5.41) is 0. The Morgan fingerprint density at radius 1 is 0.778 bits per heavy atom. The van der Waals surface area contributed by atoms with Crippen molar-refractivity contribution < 1.29 is 14.3 Å². The number of para-hydroxylation sites is 1. The number of esters is 1. The van der Waals surface area contributed by atoms with Gasteiger partial charge in [0.2, 0.25) is 0 Å². The molecule has 0 spiro atoms. The van der Waals surface area contributed by atoms with Crippen LogP contribution >= 0.6 is 0 Å². The van der Waals surface area contributed by atoms with Crippen LogP contribution in [0, 0.1) is 0 Å². The highest BCUT2D eigenvalue weighted by atomic mass is 16.5. The molecule has 0 bridgehead atoms. The van der Waals surface area contributed by atoms with E-state index in [1.165, 1.54) is 0 Å². The SMILES string of the molecule is COc1ccc(CN2C(C)=C(C(=O)OCc3ccccc3)[C@H](c3ccccc3)c3ccccc32)cc1. The first-order valence-corrected chi connectivity index (χ1v) is 12.1. The van der Waals surface area contributed by atoms with Gasteiger partial charge in [0, 0.05) is 23.8 Å². The summed E-state index contributed by atoms with van der Waals surface area (Å²) in [6.07, 6.45) is 0. The number of hydrogen-bond donors (Lipinski definition) is 0. The van der Waals surface area contributed by atoms with Gasteiger partial charge >= 0.3 is 5.97 Å². The van der Waals surface area contributed by atoms with Crippen molar-refractivity contribution in [3.63, 3.8) is 0 Å². The first-order valence-electron chi connectivity index (χ1n) is 12.1. The Balaban J connectivity index is 1.57. The van der Waals surface area contributed by atoms with Crippen LogP contribution in [-0.2, 0) is 22.7 Å². The monoisotopic (exact) mass is 475 g/mol. The Morgan fingerprint density at radius 2 is 1.42 bits per heavy atom. The largest absolute Gasteiger partial charge is 0.497 e. The van der Waals surface area contributed by atoms with Gasteiger partial charge in [-0.25, -0.2) is 4.79 Å². The molecule has 1 atom stereocenters. The molecule has 0 saturated carbocycles. The summed E-state index contributed by atoms with van der Waals surface area (Å²) in [6, 6.07) is 36.4. The molecular formula is C32H29NO3. The zero-order valence-corrected chi connectivity index (χ0v) is 20.6. The molecule has 180 valence electrons.